The van der Waals surface area contributed by atoms with E-state index in [0.29, 0.717) is 0 Å². The summed E-state index contributed by atoms with van der Waals surface area (Å²) in [6, 6.07) is 0.514. The Bertz CT molecular complexity index is 401. The minimum Gasteiger partial charge on any atom is -0.338 e. The standard InChI is InChI=1S/C12H21N5O/c1-16-6-7-17(2)10(8-16)11-14-12(18-15-11)9-4-3-5-13-9/h9-10,13H,3-8H2,1-2H3/t9-,10?/m0/s1. The quantitative estimate of drug-likeness (QED) is 0.822. The van der Waals surface area contributed by atoms with Crippen molar-refractivity contribution in [2.75, 3.05) is 40.3 Å². The van der Waals surface area contributed by atoms with E-state index < -0.39 is 0 Å². The van der Waals surface area contributed by atoms with Gasteiger partial charge in [0.05, 0.1) is 12.1 Å². The Morgan fingerprint density at radius 3 is 3.00 bits per heavy atom. The molecule has 3 rings (SSSR count). The van der Waals surface area contributed by atoms with Crippen LogP contribution in [-0.4, -0.2) is 60.2 Å². The van der Waals surface area contributed by atoms with Gasteiger partial charge in [0, 0.05) is 19.6 Å². The van der Waals surface area contributed by atoms with Gasteiger partial charge < -0.3 is 14.7 Å². The van der Waals surface area contributed by atoms with E-state index in [1.54, 1.807) is 0 Å². The fourth-order valence-corrected chi connectivity index (χ4v) is 2.71. The molecule has 2 fully saturated rings. The normalized spacial score (nSPS) is 31.0. The second-order valence-corrected chi connectivity index (χ2v) is 5.40. The lowest BCUT2D eigenvalue weighted by Crippen LogP contribution is -2.45. The minimum absolute atomic E-state index is 0.252. The summed E-state index contributed by atoms with van der Waals surface area (Å²) in [5, 5.41) is 7.56. The highest BCUT2D eigenvalue weighted by atomic mass is 16.5. The van der Waals surface area contributed by atoms with E-state index >= 15 is 0 Å². The van der Waals surface area contributed by atoms with E-state index in [9.17, 15) is 0 Å². The molecular formula is C12H21N5O. The van der Waals surface area contributed by atoms with Crippen LogP contribution in [0.5, 0.6) is 0 Å². The minimum atomic E-state index is 0.252. The summed E-state index contributed by atoms with van der Waals surface area (Å²) < 4.78 is 5.42. The average Bonchev–Trinajstić information content (AvgIpc) is 3.00. The van der Waals surface area contributed by atoms with E-state index in [1.807, 2.05) is 0 Å². The molecule has 0 amide bonds. The maximum atomic E-state index is 5.42. The molecule has 2 atom stereocenters. The number of hydrogen-bond donors (Lipinski definition) is 1. The highest BCUT2D eigenvalue weighted by molar-refractivity contribution is 5.01. The summed E-state index contributed by atoms with van der Waals surface area (Å²) >= 11 is 0. The molecule has 18 heavy (non-hydrogen) atoms. The molecule has 3 heterocycles. The lowest BCUT2D eigenvalue weighted by Gasteiger charge is -2.35. The van der Waals surface area contributed by atoms with Gasteiger partial charge in [-0.3, -0.25) is 4.90 Å². The van der Waals surface area contributed by atoms with Gasteiger partial charge in [-0.2, -0.15) is 4.98 Å². The molecule has 2 aliphatic heterocycles. The van der Waals surface area contributed by atoms with Crippen LogP contribution >= 0.6 is 0 Å². The lowest BCUT2D eigenvalue weighted by molar-refractivity contribution is 0.108. The Labute approximate surface area is 107 Å². The van der Waals surface area contributed by atoms with Crippen LogP contribution in [0.3, 0.4) is 0 Å². The zero-order chi connectivity index (χ0) is 12.5. The van der Waals surface area contributed by atoms with Crippen molar-refractivity contribution in [2.24, 2.45) is 0 Å². The molecule has 0 aromatic carbocycles. The first-order valence-corrected chi connectivity index (χ1v) is 6.69. The van der Waals surface area contributed by atoms with Crippen LogP contribution in [0.4, 0.5) is 0 Å². The van der Waals surface area contributed by atoms with Crippen LogP contribution in [0.15, 0.2) is 4.52 Å². The molecule has 6 nitrogen and oxygen atoms in total. The molecular weight excluding hydrogens is 230 g/mol. The van der Waals surface area contributed by atoms with Gasteiger partial charge in [0.1, 0.15) is 0 Å². The van der Waals surface area contributed by atoms with Gasteiger partial charge in [-0.25, -0.2) is 0 Å². The number of piperazine rings is 1. The maximum Gasteiger partial charge on any atom is 0.243 e. The SMILES string of the molecule is CN1CCN(C)C(c2noc([C@@H]3CCCN3)n2)C1. The molecule has 6 heteroatoms. The molecule has 1 N–H and O–H groups in total. The van der Waals surface area contributed by atoms with Gasteiger partial charge >= 0.3 is 0 Å². The van der Waals surface area contributed by atoms with Crippen molar-refractivity contribution in [1.82, 2.24) is 25.3 Å². The van der Waals surface area contributed by atoms with E-state index in [4.69, 9.17) is 4.52 Å². The van der Waals surface area contributed by atoms with Crippen LogP contribution in [0.1, 0.15) is 36.6 Å². The number of nitrogens with one attached hydrogen (secondary N) is 1. The lowest BCUT2D eigenvalue weighted by atomic mass is 10.2. The zero-order valence-corrected chi connectivity index (χ0v) is 11.1. The molecule has 0 aliphatic carbocycles. The largest absolute Gasteiger partial charge is 0.338 e. The van der Waals surface area contributed by atoms with Crippen LogP contribution in [-0.2, 0) is 0 Å². The molecule has 1 unspecified atom stereocenters. The predicted octanol–water partition coefficient (Wildman–Crippen LogP) is 0.412. The highest BCUT2D eigenvalue weighted by Crippen LogP contribution is 2.25. The number of rotatable bonds is 2. The summed E-state index contributed by atoms with van der Waals surface area (Å²) in [6.45, 7) is 4.16. The number of likely N-dealkylation sites (N-methyl/N-ethyl adjacent to an activating group) is 2. The van der Waals surface area contributed by atoms with Crippen LogP contribution in [0.25, 0.3) is 0 Å². The van der Waals surface area contributed by atoms with Gasteiger partial charge in [-0.05, 0) is 33.5 Å². The van der Waals surface area contributed by atoms with E-state index in [-0.39, 0.29) is 12.1 Å². The average molecular weight is 251 g/mol. The topological polar surface area (TPSA) is 57.4 Å². The molecule has 1 aromatic rings. The van der Waals surface area contributed by atoms with Crippen molar-refractivity contribution in [2.45, 2.75) is 24.9 Å². The predicted molar refractivity (Wildman–Crippen MR) is 67.1 cm³/mol. The first-order valence-electron chi connectivity index (χ1n) is 6.69. The van der Waals surface area contributed by atoms with Crippen molar-refractivity contribution in [3.63, 3.8) is 0 Å². The first kappa shape index (κ1) is 12.1. The Hall–Kier alpha value is -0.980. The summed E-state index contributed by atoms with van der Waals surface area (Å²) in [5.74, 6) is 1.58. The molecule has 100 valence electrons. The van der Waals surface area contributed by atoms with Crippen LogP contribution in [0, 0.1) is 0 Å². The Kier molecular flexibility index (Phi) is 3.32. The van der Waals surface area contributed by atoms with Gasteiger partial charge in [-0.1, -0.05) is 5.16 Å². The summed E-state index contributed by atoms with van der Waals surface area (Å²) in [5.41, 5.74) is 0. The molecule has 0 spiro atoms. The third-order valence-electron chi connectivity index (χ3n) is 3.96. The summed E-state index contributed by atoms with van der Waals surface area (Å²) in [7, 11) is 4.26. The monoisotopic (exact) mass is 251 g/mol. The van der Waals surface area contributed by atoms with Crippen molar-refractivity contribution in [3.05, 3.63) is 11.7 Å². The second-order valence-electron chi connectivity index (χ2n) is 5.40. The fourth-order valence-electron chi connectivity index (χ4n) is 2.71. The summed E-state index contributed by atoms with van der Waals surface area (Å²) in [4.78, 5) is 9.21. The van der Waals surface area contributed by atoms with Crippen molar-refractivity contribution < 1.29 is 4.52 Å². The maximum absolute atomic E-state index is 5.42. The molecule has 1 aromatic heterocycles. The third-order valence-corrected chi connectivity index (χ3v) is 3.96. The molecule has 2 aliphatic rings. The molecule has 0 bridgehead atoms. The summed E-state index contributed by atoms with van der Waals surface area (Å²) in [6.07, 6.45) is 2.29. The van der Waals surface area contributed by atoms with Gasteiger partial charge in [0.2, 0.25) is 5.89 Å². The Balaban J connectivity index is 1.75. The molecule has 0 saturated carbocycles. The fraction of sp³-hybridized carbons (Fsp3) is 0.833. The second kappa shape index (κ2) is 4.95. The van der Waals surface area contributed by atoms with E-state index in [1.165, 1.54) is 6.42 Å². The number of nitrogens with zero attached hydrogens (tertiary/aromatic N) is 4. The van der Waals surface area contributed by atoms with Gasteiger partial charge in [-0.15, -0.1) is 0 Å². The van der Waals surface area contributed by atoms with Gasteiger partial charge in [0.15, 0.2) is 5.82 Å². The Morgan fingerprint density at radius 1 is 1.33 bits per heavy atom. The van der Waals surface area contributed by atoms with Crippen molar-refractivity contribution >= 4 is 0 Å². The Morgan fingerprint density at radius 2 is 2.22 bits per heavy atom. The van der Waals surface area contributed by atoms with E-state index in [2.05, 4.69) is 39.4 Å². The zero-order valence-electron chi connectivity index (χ0n) is 11.1. The molecule has 2 saturated heterocycles. The van der Waals surface area contributed by atoms with Crippen LogP contribution in [0.2, 0.25) is 0 Å². The van der Waals surface area contributed by atoms with Crippen molar-refractivity contribution in [1.29, 1.82) is 0 Å². The van der Waals surface area contributed by atoms with Crippen LogP contribution < -0.4 is 5.32 Å². The molecule has 0 radical (unpaired) electrons. The smallest absolute Gasteiger partial charge is 0.243 e. The van der Waals surface area contributed by atoms with Gasteiger partial charge in [0.25, 0.3) is 0 Å². The third kappa shape index (κ3) is 2.28. The van der Waals surface area contributed by atoms with Crippen molar-refractivity contribution in [3.8, 4) is 0 Å². The number of hydrogen-bond acceptors (Lipinski definition) is 6. The first-order chi connectivity index (χ1) is 8.74. The van der Waals surface area contributed by atoms with E-state index in [0.717, 1.165) is 44.3 Å². The highest BCUT2D eigenvalue weighted by Gasteiger charge is 2.30. The number of aromatic nitrogens is 2.